The van der Waals surface area contributed by atoms with Crippen LogP contribution in [0.5, 0.6) is 0 Å². The molecule has 1 aliphatic rings. The van der Waals surface area contributed by atoms with E-state index in [2.05, 4.69) is 18.2 Å². The first kappa shape index (κ1) is 12.7. The maximum atomic E-state index is 12.6. The van der Waals surface area contributed by atoms with Gasteiger partial charge in [0.15, 0.2) is 7.87 Å². The van der Waals surface area contributed by atoms with Gasteiger partial charge in [0.05, 0.1) is 19.7 Å². The highest BCUT2D eigenvalue weighted by atomic mass is 31.2. The molecule has 1 aliphatic heterocycles. The van der Waals surface area contributed by atoms with Gasteiger partial charge in [-0.15, -0.1) is 4.67 Å². The Kier molecular flexibility index (Phi) is 4.30. The monoisotopic (exact) mass is 251 g/mol. The van der Waals surface area contributed by atoms with Crippen LogP contribution in [0, 0.1) is 0 Å². The smallest absolute Gasteiger partial charge is 0.178 e. The van der Waals surface area contributed by atoms with Crippen molar-refractivity contribution in [3.8, 4) is 0 Å². The van der Waals surface area contributed by atoms with E-state index in [0.717, 1.165) is 0 Å². The Morgan fingerprint density at radius 3 is 2.76 bits per heavy atom. The van der Waals surface area contributed by atoms with E-state index in [1.807, 2.05) is 35.9 Å². The highest BCUT2D eigenvalue weighted by Gasteiger charge is 2.36. The normalized spacial score (nSPS) is 25.1. The highest BCUT2D eigenvalue weighted by Crippen LogP contribution is 2.56. The first-order valence-electron chi connectivity index (χ1n) is 5.92. The Morgan fingerprint density at radius 2 is 2.06 bits per heavy atom. The van der Waals surface area contributed by atoms with Crippen molar-refractivity contribution >= 4 is 7.87 Å². The van der Waals surface area contributed by atoms with Crippen LogP contribution >= 0.6 is 7.87 Å². The van der Waals surface area contributed by atoms with E-state index in [1.54, 1.807) is 0 Å². The largest absolute Gasteiger partial charge is 0.641 e. The SMILES string of the molecule is CCO[P+]1([O-])CC=CCN1Cc1ccccc1. The van der Waals surface area contributed by atoms with Crippen molar-refractivity contribution in [2.45, 2.75) is 13.5 Å². The second-order valence-corrected chi connectivity index (χ2v) is 6.51. The van der Waals surface area contributed by atoms with Gasteiger partial charge in [-0.2, -0.15) is 0 Å². The predicted octanol–water partition coefficient (Wildman–Crippen LogP) is 2.22. The quantitative estimate of drug-likeness (QED) is 0.608. The predicted molar refractivity (Wildman–Crippen MR) is 69.4 cm³/mol. The lowest BCUT2D eigenvalue weighted by Gasteiger charge is -2.39. The first-order chi connectivity index (χ1) is 8.24. The van der Waals surface area contributed by atoms with E-state index in [-0.39, 0.29) is 0 Å². The molecule has 1 aromatic carbocycles. The molecule has 1 atom stereocenters. The minimum absolute atomic E-state index is 0.496. The van der Waals surface area contributed by atoms with E-state index < -0.39 is 7.87 Å². The number of nitrogens with zero attached hydrogens (tertiary/aromatic N) is 1. The summed E-state index contributed by atoms with van der Waals surface area (Å²) in [5.41, 5.74) is 1.17. The van der Waals surface area contributed by atoms with Gasteiger partial charge < -0.3 is 4.89 Å². The second kappa shape index (κ2) is 5.74. The average Bonchev–Trinajstić information content (AvgIpc) is 2.34. The number of rotatable bonds is 4. The molecule has 0 spiro atoms. The molecule has 1 unspecified atom stereocenters. The van der Waals surface area contributed by atoms with E-state index in [0.29, 0.717) is 25.9 Å². The zero-order chi connectivity index (χ0) is 12.1. The molecule has 0 radical (unpaired) electrons. The summed E-state index contributed by atoms with van der Waals surface area (Å²) in [6.45, 7) is 3.77. The zero-order valence-electron chi connectivity index (χ0n) is 10.1. The minimum atomic E-state index is -2.64. The zero-order valence-corrected chi connectivity index (χ0v) is 11.0. The van der Waals surface area contributed by atoms with Gasteiger partial charge in [0.2, 0.25) is 0 Å². The fourth-order valence-corrected chi connectivity index (χ4v) is 3.99. The van der Waals surface area contributed by atoms with Crippen LogP contribution in [-0.2, 0) is 11.1 Å². The Labute approximate surface area is 103 Å². The Balaban J connectivity index is 2.10. The molecule has 4 heteroatoms. The third-order valence-corrected chi connectivity index (χ3v) is 5.29. The molecule has 0 N–H and O–H groups in total. The maximum absolute atomic E-state index is 12.6. The van der Waals surface area contributed by atoms with E-state index in [9.17, 15) is 4.89 Å². The lowest BCUT2D eigenvalue weighted by Crippen LogP contribution is -2.36. The van der Waals surface area contributed by atoms with Crippen molar-refractivity contribution in [2.75, 3.05) is 19.3 Å². The number of allylic oxidation sites excluding steroid dienone is 1. The van der Waals surface area contributed by atoms with Crippen LogP contribution in [0.15, 0.2) is 42.5 Å². The fourth-order valence-electron chi connectivity index (χ4n) is 1.95. The van der Waals surface area contributed by atoms with Crippen LogP contribution in [0.3, 0.4) is 0 Å². The Morgan fingerprint density at radius 1 is 1.29 bits per heavy atom. The van der Waals surface area contributed by atoms with Crippen molar-refractivity contribution in [2.24, 2.45) is 0 Å². The van der Waals surface area contributed by atoms with Gasteiger partial charge in [-0.25, -0.2) is 4.52 Å². The van der Waals surface area contributed by atoms with Crippen molar-refractivity contribution in [3.63, 3.8) is 0 Å². The van der Waals surface area contributed by atoms with Crippen LogP contribution in [0.2, 0.25) is 0 Å². The van der Waals surface area contributed by atoms with Crippen LogP contribution < -0.4 is 4.89 Å². The van der Waals surface area contributed by atoms with Crippen molar-refractivity contribution in [3.05, 3.63) is 48.0 Å². The Hall–Kier alpha value is -0.730. The van der Waals surface area contributed by atoms with Crippen LogP contribution in [0.25, 0.3) is 0 Å². The number of benzene rings is 1. The molecule has 0 fully saturated rings. The van der Waals surface area contributed by atoms with E-state index in [4.69, 9.17) is 4.52 Å². The lowest BCUT2D eigenvalue weighted by atomic mass is 10.2. The molecule has 0 aliphatic carbocycles. The van der Waals surface area contributed by atoms with E-state index in [1.165, 1.54) is 5.56 Å². The van der Waals surface area contributed by atoms with Crippen LogP contribution in [-0.4, -0.2) is 24.0 Å². The topological polar surface area (TPSA) is 35.5 Å². The summed E-state index contributed by atoms with van der Waals surface area (Å²) in [5.74, 6) is 0. The lowest BCUT2D eigenvalue weighted by molar-refractivity contribution is -0.206. The van der Waals surface area contributed by atoms with Crippen LogP contribution in [0.1, 0.15) is 12.5 Å². The molecule has 1 heterocycles. The molecule has 0 saturated heterocycles. The van der Waals surface area contributed by atoms with Crippen molar-refractivity contribution in [1.29, 1.82) is 0 Å². The molecule has 0 aromatic heterocycles. The molecule has 0 saturated carbocycles. The van der Waals surface area contributed by atoms with Gasteiger partial charge in [0, 0.05) is 0 Å². The first-order valence-corrected chi connectivity index (χ1v) is 7.69. The second-order valence-electron chi connectivity index (χ2n) is 4.04. The molecule has 0 bridgehead atoms. The summed E-state index contributed by atoms with van der Waals surface area (Å²) in [7, 11) is -2.64. The summed E-state index contributed by atoms with van der Waals surface area (Å²) < 4.78 is 7.44. The Bertz CT molecular complexity index is 382. The maximum Gasteiger partial charge on any atom is 0.178 e. The third kappa shape index (κ3) is 3.14. The standard InChI is InChI=1S/C13H18NO2P/c1-2-16-17(15)11-7-6-10-14(17)12-13-8-4-3-5-9-13/h3-9H,2,10-12H2,1H3. The van der Waals surface area contributed by atoms with E-state index >= 15 is 0 Å². The fraction of sp³-hybridized carbons (Fsp3) is 0.385. The molecule has 92 valence electrons. The number of hydrogen-bond donors (Lipinski definition) is 0. The number of hydrogen-bond acceptors (Lipinski definition) is 3. The summed E-state index contributed by atoms with van der Waals surface area (Å²) >= 11 is 0. The molecule has 3 nitrogen and oxygen atoms in total. The molecular formula is C13H18NO2P. The third-order valence-electron chi connectivity index (χ3n) is 2.79. The molecule has 0 amide bonds. The van der Waals surface area contributed by atoms with Gasteiger partial charge in [-0.1, -0.05) is 36.4 Å². The molecule has 2 rings (SSSR count). The van der Waals surface area contributed by atoms with Crippen LogP contribution in [0.4, 0.5) is 0 Å². The molecule has 17 heavy (non-hydrogen) atoms. The molecule has 1 aromatic rings. The van der Waals surface area contributed by atoms with Gasteiger partial charge in [-0.05, 0) is 18.6 Å². The summed E-state index contributed by atoms with van der Waals surface area (Å²) in [6, 6.07) is 10.1. The van der Waals surface area contributed by atoms with Gasteiger partial charge in [0.1, 0.15) is 6.16 Å². The summed E-state index contributed by atoms with van der Waals surface area (Å²) in [6.07, 6.45) is 4.53. The minimum Gasteiger partial charge on any atom is -0.641 e. The summed E-state index contributed by atoms with van der Waals surface area (Å²) in [4.78, 5) is 12.6. The molecular weight excluding hydrogens is 233 g/mol. The van der Waals surface area contributed by atoms with Crippen molar-refractivity contribution in [1.82, 2.24) is 4.67 Å². The van der Waals surface area contributed by atoms with Gasteiger partial charge in [-0.3, -0.25) is 0 Å². The summed E-state index contributed by atoms with van der Waals surface area (Å²) in [5, 5.41) is 0. The van der Waals surface area contributed by atoms with Gasteiger partial charge >= 0.3 is 0 Å². The van der Waals surface area contributed by atoms with Gasteiger partial charge in [0.25, 0.3) is 0 Å². The van der Waals surface area contributed by atoms with Crippen molar-refractivity contribution < 1.29 is 9.42 Å². The average molecular weight is 251 g/mol. The highest BCUT2D eigenvalue weighted by molar-refractivity contribution is 7.62.